The average Bonchev–Trinajstić information content (AvgIpc) is 3.01. The van der Waals surface area contributed by atoms with Crippen molar-refractivity contribution in [2.75, 3.05) is 13.2 Å². The molecule has 0 aliphatic heterocycles. The second-order valence-corrected chi connectivity index (χ2v) is 8.01. The highest BCUT2D eigenvalue weighted by molar-refractivity contribution is 5.88. The molecule has 0 radical (unpaired) electrons. The Balaban J connectivity index is 2.32. The van der Waals surface area contributed by atoms with Crippen molar-refractivity contribution in [1.82, 2.24) is 0 Å². The third-order valence-electron chi connectivity index (χ3n) is 6.09. The number of hydrogen-bond donors (Lipinski definition) is 0. The molecule has 6 heteroatoms. The SMILES string of the molecule is C=CC(=O)OC12C=CC(C(C(=O)OCC)C1C(=O)OCCCCCC)C2(C)C. The van der Waals surface area contributed by atoms with Crippen molar-refractivity contribution in [3.63, 3.8) is 0 Å². The first kappa shape index (κ1) is 22.2. The van der Waals surface area contributed by atoms with E-state index >= 15 is 0 Å². The Kier molecular flexibility index (Phi) is 7.07. The molecule has 0 aromatic rings. The van der Waals surface area contributed by atoms with Gasteiger partial charge >= 0.3 is 17.9 Å². The van der Waals surface area contributed by atoms with E-state index in [-0.39, 0.29) is 19.1 Å². The zero-order valence-corrected chi connectivity index (χ0v) is 17.4. The summed E-state index contributed by atoms with van der Waals surface area (Å²) in [6, 6.07) is 0. The van der Waals surface area contributed by atoms with E-state index in [9.17, 15) is 14.4 Å². The summed E-state index contributed by atoms with van der Waals surface area (Å²) < 4.78 is 16.5. The predicted molar refractivity (Wildman–Crippen MR) is 104 cm³/mol. The molecule has 0 aromatic carbocycles. The number of rotatable bonds is 10. The fraction of sp³-hybridized carbons (Fsp3) is 0.682. The van der Waals surface area contributed by atoms with Crippen LogP contribution in [0.1, 0.15) is 53.4 Å². The molecule has 0 aromatic heterocycles. The number of hydrogen-bond acceptors (Lipinski definition) is 6. The molecule has 1 fully saturated rings. The molecule has 0 saturated heterocycles. The molecule has 0 spiro atoms. The van der Waals surface area contributed by atoms with Crippen LogP contribution in [0.15, 0.2) is 24.8 Å². The first-order chi connectivity index (χ1) is 13.3. The van der Waals surface area contributed by atoms with E-state index in [1.807, 2.05) is 19.9 Å². The summed E-state index contributed by atoms with van der Waals surface area (Å²) in [5, 5.41) is 0. The zero-order chi connectivity index (χ0) is 20.9. The fourth-order valence-electron chi connectivity index (χ4n) is 4.58. The fourth-order valence-corrected chi connectivity index (χ4v) is 4.58. The number of carbonyl (C=O) groups excluding carboxylic acids is 3. The third kappa shape index (κ3) is 3.74. The lowest BCUT2D eigenvalue weighted by molar-refractivity contribution is -0.177. The van der Waals surface area contributed by atoms with Crippen molar-refractivity contribution in [3.8, 4) is 0 Å². The Morgan fingerprint density at radius 1 is 1.07 bits per heavy atom. The molecular formula is C22H32O6. The van der Waals surface area contributed by atoms with Gasteiger partial charge in [-0.05, 0) is 19.4 Å². The van der Waals surface area contributed by atoms with Crippen molar-refractivity contribution >= 4 is 17.9 Å². The van der Waals surface area contributed by atoms with Crippen molar-refractivity contribution in [1.29, 1.82) is 0 Å². The van der Waals surface area contributed by atoms with Gasteiger partial charge in [0, 0.05) is 17.4 Å². The highest BCUT2D eigenvalue weighted by Gasteiger charge is 2.73. The Hall–Kier alpha value is -2.11. The van der Waals surface area contributed by atoms with Crippen LogP contribution in [0.5, 0.6) is 0 Å². The van der Waals surface area contributed by atoms with E-state index in [1.165, 1.54) is 0 Å². The molecule has 156 valence electrons. The summed E-state index contributed by atoms with van der Waals surface area (Å²) in [6.45, 7) is 11.6. The summed E-state index contributed by atoms with van der Waals surface area (Å²) in [7, 11) is 0. The van der Waals surface area contributed by atoms with E-state index in [4.69, 9.17) is 14.2 Å². The quantitative estimate of drug-likeness (QED) is 0.186. The van der Waals surface area contributed by atoms with Gasteiger partial charge in [-0.15, -0.1) is 0 Å². The Labute approximate surface area is 167 Å². The molecule has 0 heterocycles. The van der Waals surface area contributed by atoms with Crippen LogP contribution in [-0.2, 0) is 28.6 Å². The van der Waals surface area contributed by atoms with Gasteiger partial charge in [-0.2, -0.15) is 0 Å². The maximum Gasteiger partial charge on any atom is 0.331 e. The van der Waals surface area contributed by atoms with Crippen molar-refractivity contribution in [2.24, 2.45) is 23.2 Å². The number of allylic oxidation sites excluding steroid dienone is 1. The summed E-state index contributed by atoms with van der Waals surface area (Å²) in [4.78, 5) is 37.9. The van der Waals surface area contributed by atoms with Crippen LogP contribution in [0.3, 0.4) is 0 Å². The Morgan fingerprint density at radius 3 is 2.39 bits per heavy atom. The van der Waals surface area contributed by atoms with E-state index < -0.39 is 40.8 Å². The van der Waals surface area contributed by atoms with Gasteiger partial charge < -0.3 is 14.2 Å². The van der Waals surface area contributed by atoms with E-state index in [2.05, 4.69) is 13.5 Å². The third-order valence-corrected chi connectivity index (χ3v) is 6.09. The molecule has 0 amide bonds. The maximum atomic E-state index is 13.1. The molecule has 2 bridgehead atoms. The standard InChI is InChI=1S/C22H32O6/c1-6-9-10-11-14-27-20(25)18-17(19(24)26-8-3)15-12-13-22(18,21(15,4)5)28-16(23)7-2/h7,12-13,15,17-18H,2,6,8-11,14H2,1,3-5H3. The maximum absolute atomic E-state index is 13.1. The second kappa shape index (κ2) is 8.93. The minimum absolute atomic E-state index is 0.213. The van der Waals surface area contributed by atoms with Crippen molar-refractivity contribution in [3.05, 3.63) is 24.8 Å². The van der Waals surface area contributed by atoms with Crippen LogP contribution in [-0.4, -0.2) is 36.7 Å². The van der Waals surface area contributed by atoms with Gasteiger partial charge in [0.25, 0.3) is 0 Å². The number of ether oxygens (including phenoxy) is 3. The highest BCUT2D eigenvalue weighted by Crippen LogP contribution is 2.64. The minimum atomic E-state index is -1.26. The summed E-state index contributed by atoms with van der Waals surface area (Å²) in [6.07, 6.45) is 8.55. The largest absolute Gasteiger partial charge is 0.466 e. The highest BCUT2D eigenvalue weighted by atomic mass is 16.6. The van der Waals surface area contributed by atoms with E-state index in [0.717, 1.165) is 31.8 Å². The van der Waals surface area contributed by atoms with Crippen LogP contribution < -0.4 is 0 Å². The monoisotopic (exact) mass is 392 g/mol. The van der Waals surface area contributed by atoms with Crippen LogP contribution in [0.2, 0.25) is 0 Å². The molecule has 4 unspecified atom stereocenters. The molecule has 2 aliphatic carbocycles. The molecule has 28 heavy (non-hydrogen) atoms. The lowest BCUT2D eigenvalue weighted by Crippen LogP contribution is -2.51. The van der Waals surface area contributed by atoms with Gasteiger partial charge in [0.05, 0.1) is 19.1 Å². The van der Waals surface area contributed by atoms with Crippen LogP contribution in [0, 0.1) is 23.2 Å². The lowest BCUT2D eigenvalue weighted by Gasteiger charge is -2.39. The Bertz CT molecular complexity index is 649. The lowest BCUT2D eigenvalue weighted by atomic mass is 9.75. The van der Waals surface area contributed by atoms with Gasteiger partial charge in [0.15, 0.2) is 5.60 Å². The molecule has 0 N–H and O–H groups in total. The average molecular weight is 392 g/mol. The zero-order valence-electron chi connectivity index (χ0n) is 17.4. The molecule has 4 atom stereocenters. The van der Waals surface area contributed by atoms with Gasteiger partial charge in [-0.3, -0.25) is 9.59 Å². The molecule has 2 aliphatic rings. The normalized spacial score (nSPS) is 29.4. The Morgan fingerprint density at radius 2 is 1.79 bits per heavy atom. The number of carbonyl (C=O) groups is 3. The summed E-state index contributed by atoms with van der Waals surface area (Å²) >= 11 is 0. The number of unbranched alkanes of at least 4 members (excludes halogenated alkanes) is 3. The second-order valence-electron chi connectivity index (χ2n) is 8.01. The van der Waals surface area contributed by atoms with Crippen molar-refractivity contribution in [2.45, 2.75) is 59.0 Å². The van der Waals surface area contributed by atoms with E-state index in [1.54, 1.807) is 13.0 Å². The van der Waals surface area contributed by atoms with Gasteiger partial charge in [-0.25, -0.2) is 4.79 Å². The number of fused-ring (bicyclic) bond motifs is 2. The molecule has 1 saturated carbocycles. The van der Waals surface area contributed by atoms with Crippen LogP contribution >= 0.6 is 0 Å². The van der Waals surface area contributed by atoms with Gasteiger partial charge in [0.2, 0.25) is 0 Å². The van der Waals surface area contributed by atoms with Crippen LogP contribution in [0.25, 0.3) is 0 Å². The first-order valence-electron chi connectivity index (χ1n) is 10.1. The van der Waals surface area contributed by atoms with E-state index in [0.29, 0.717) is 0 Å². The molecule has 2 rings (SSSR count). The first-order valence-corrected chi connectivity index (χ1v) is 10.1. The smallest absolute Gasteiger partial charge is 0.331 e. The number of esters is 3. The minimum Gasteiger partial charge on any atom is -0.466 e. The molecular weight excluding hydrogens is 360 g/mol. The van der Waals surface area contributed by atoms with Crippen LogP contribution in [0.4, 0.5) is 0 Å². The summed E-state index contributed by atoms with van der Waals surface area (Å²) in [5.74, 6) is -3.60. The van der Waals surface area contributed by atoms with Gasteiger partial charge in [0.1, 0.15) is 5.92 Å². The van der Waals surface area contributed by atoms with Gasteiger partial charge in [-0.1, -0.05) is 52.7 Å². The van der Waals surface area contributed by atoms with Crippen molar-refractivity contribution < 1.29 is 28.6 Å². The predicted octanol–water partition coefficient (Wildman–Crippen LogP) is 3.60. The summed E-state index contributed by atoms with van der Waals surface area (Å²) in [5.41, 5.74) is -1.92. The molecule has 6 nitrogen and oxygen atoms in total. The topological polar surface area (TPSA) is 78.9 Å².